The van der Waals surface area contributed by atoms with Crippen LogP contribution >= 0.6 is 43.2 Å². The molecule has 4 nitrogen and oxygen atoms in total. The Morgan fingerprint density at radius 3 is 2.52 bits per heavy atom. The van der Waals surface area contributed by atoms with Crippen LogP contribution in [0.5, 0.6) is 5.75 Å². The average Bonchev–Trinajstić information content (AvgIpc) is 2.84. The molecule has 7 heteroatoms. The Labute approximate surface area is 142 Å². The highest BCUT2D eigenvalue weighted by Crippen LogP contribution is 2.32. The molecule has 0 spiro atoms. The second kappa shape index (κ2) is 7.59. The Bertz CT molecular complexity index is 657. The van der Waals surface area contributed by atoms with Gasteiger partial charge in [0.05, 0.1) is 15.4 Å². The van der Waals surface area contributed by atoms with Crippen molar-refractivity contribution in [2.24, 2.45) is 0 Å². The first kappa shape index (κ1) is 16.0. The summed E-state index contributed by atoms with van der Waals surface area (Å²) in [5, 5.41) is 8.68. The lowest BCUT2D eigenvalue weighted by Crippen LogP contribution is -2.11. The summed E-state index contributed by atoms with van der Waals surface area (Å²) in [7, 11) is 0. The number of carbonyl (C=O) groups excluding carboxylic acids is 1. The van der Waals surface area contributed by atoms with Crippen molar-refractivity contribution in [3.8, 4) is 11.8 Å². The molecule has 108 valence electrons. The Morgan fingerprint density at radius 1 is 1.24 bits per heavy atom. The van der Waals surface area contributed by atoms with Gasteiger partial charge in [-0.3, -0.25) is 0 Å². The molecule has 0 radical (unpaired) electrons. The predicted molar refractivity (Wildman–Crippen MR) is 86.7 cm³/mol. The fraction of sp³-hybridized carbons (Fsp3) is 0.143. The maximum atomic E-state index is 11.8. The molecule has 0 fully saturated rings. The molecule has 1 heterocycles. The number of hydrogen-bond acceptors (Lipinski definition) is 5. The molecular formula is C14H9Br2NO3S. The number of nitriles is 1. The van der Waals surface area contributed by atoms with Crippen LogP contribution in [0.4, 0.5) is 0 Å². The number of thiophene rings is 1. The molecule has 2 rings (SSSR count). The van der Waals surface area contributed by atoms with Crippen LogP contribution in [0.15, 0.2) is 38.6 Å². The van der Waals surface area contributed by atoms with E-state index in [2.05, 4.69) is 31.9 Å². The second-order valence-corrected chi connectivity index (χ2v) is 7.08. The first-order valence-corrected chi connectivity index (χ1v) is 8.25. The third kappa shape index (κ3) is 4.56. The highest BCUT2D eigenvalue weighted by atomic mass is 79.9. The van der Waals surface area contributed by atoms with Gasteiger partial charge in [0.15, 0.2) is 0 Å². The minimum Gasteiger partial charge on any atom is -0.490 e. The molecule has 0 aliphatic carbocycles. The monoisotopic (exact) mass is 429 g/mol. The van der Waals surface area contributed by atoms with E-state index in [1.807, 2.05) is 6.07 Å². The zero-order valence-corrected chi connectivity index (χ0v) is 14.6. The molecule has 2 aromatic rings. The van der Waals surface area contributed by atoms with Gasteiger partial charge >= 0.3 is 5.97 Å². The molecular weight excluding hydrogens is 422 g/mol. The number of rotatable bonds is 5. The molecule has 0 bridgehead atoms. The molecule has 0 amide bonds. The van der Waals surface area contributed by atoms with E-state index in [4.69, 9.17) is 14.7 Å². The largest absolute Gasteiger partial charge is 0.490 e. The van der Waals surface area contributed by atoms with Gasteiger partial charge in [0.25, 0.3) is 0 Å². The maximum absolute atomic E-state index is 11.8. The summed E-state index contributed by atoms with van der Waals surface area (Å²) in [4.78, 5) is 12.3. The Balaban J connectivity index is 1.76. The van der Waals surface area contributed by atoms with Crippen molar-refractivity contribution in [2.45, 2.75) is 0 Å². The van der Waals surface area contributed by atoms with Crippen molar-refractivity contribution < 1.29 is 14.3 Å². The van der Waals surface area contributed by atoms with Crippen LogP contribution in [-0.4, -0.2) is 19.2 Å². The molecule has 0 aliphatic rings. The molecule has 1 aromatic heterocycles. The number of nitrogens with zero attached hydrogens (tertiary/aromatic N) is 1. The smallest absolute Gasteiger partial charge is 0.348 e. The van der Waals surface area contributed by atoms with Gasteiger partial charge in [-0.15, -0.1) is 11.3 Å². The standard InChI is InChI=1S/C14H9Br2NO3S/c15-11-7-12(21-13(11)16)14(18)20-6-5-19-10-3-1-9(8-17)2-4-10/h1-4,7H,5-6H2. The number of carbonyl (C=O) groups is 1. The lowest BCUT2D eigenvalue weighted by atomic mass is 10.2. The molecule has 0 atom stereocenters. The quantitative estimate of drug-likeness (QED) is 0.521. The lowest BCUT2D eigenvalue weighted by Gasteiger charge is -2.06. The van der Waals surface area contributed by atoms with Gasteiger partial charge in [-0.1, -0.05) is 0 Å². The van der Waals surface area contributed by atoms with Crippen LogP contribution in [0.2, 0.25) is 0 Å². The van der Waals surface area contributed by atoms with E-state index in [0.717, 1.165) is 8.26 Å². The average molecular weight is 431 g/mol. The van der Waals surface area contributed by atoms with E-state index in [9.17, 15) is 4.79 Å². The van der Waals surface area contributed by atoms with E-state index in [-0.39, 0.29) is 19.2 Å². The summed E-state index contributed by atoms with van der Waals surface area (Å²) < 4.78 is 12.2. The third-order valence-corrected chi connectivity index (χ3v) is 5.65. The molecule has 21 heavy (non-hydrogen) atoms. The Morgan fingerprint density at radius 2 is 1.95 bits per heavy atom. The van der Waals surface area contributed by atoms with Gasteiger partial charge in [-0.2, -0.15) is 5.26 Å². The minimum absolute atomic E-state index is 0.159. The van der Waals surface area contributed by atoms with Crippen LogP contribution in [0.1, 0.15) is 15.2 Å². The summed E-state index contributed by atoms with van der Waals surface area (Å²) in [5.74, 6) is 0.251. The van der Waals surface area contributed by atoms with E-state index in [0.29, 0.717) is 16.2 Å². The van der Waals surface area contributed by atoms with Crippen molar-refractivity contribution in [2.75, 3.05) is 13.2 Å². The van der Waals surface area contributed by atoms with Crippen LogP contribution in [0, 0.1) is 11.3 Å². The first-order chi connectivity index (χ1) is 10.1. The maximum Gasteiger partial charge on any atom is 0.348 e. The Hall–Kier alpha value is -1.36. The summed E-state index contributed by atoms with van der Waals surface area (Å²) in [6, 6.07) is 10.5. The van der Waals surface area contributed by atoms with Crippen molar-refractivity contribution >= 4 is 49.2 Å². The number of halogens is 2. The number of benzene rings is 1. The number of hydrogen-bond donors (Lipinski definition) is 0. The normalized spacial score (nSPS) is 9.95. The molecule has 0 N–H and O–H groups in total. The van der Waals surface area contributed by atoms with Crippen LogP contribution in [0.25, 0.3) is 0 Å². The SMILES string of the molecule is N#Cc1ccc(OCCOC(=O)c2cc(Br)c(Br)s2)cc1. The van der Waals surface area contributed by atoms with Crippen LogP contribution < -0.4 is 4.74 Å². The zero-order chi connectivity index (χ0) is 15.2. The highest BCUT2D eigenvalue weighted by molar-refractivity contribution is 9.13. The fourth-order valence-electron chi connectivity index (χ4n) is 1.44. The number of ether oxygens (including phenoxy) is 2. The van der Waals surface area contributed by atoms with E-state index >= 15 is 0 Å². The third-order valence-electron chi connectivity index (χ3n) is 2.41. The molecule has 0 unspecified atom stereocenters. The predicted octanol–water partition coefficient (Wildman–Crippen LogP) is 4.38. The van der Waals surface area contributed by atoms with Gasteiger partial charge in [0.2, 0.25) is 0 Å². The molecule has 0 saturated carbocycles. The topological polar surface area (TPSA) is 59.3 Å². The summed E-state index contributed by atoms with van der Waals surface area (Å²) >= 11 is 7.95. The number of esters is 1. The summed E-state index contributed by atoms with van der Waals surface area (Å²) in [6.07, 6.45) is 0. The van der Waals surface area contributed by atoms with E-state index in [1.54, 1.807) is 30.3 Å². The lowest BCUT2D eigenvalue weighted by molar-refractivity contribution is 0.0456. The molecule has 1 aromatic carbocycles. The molecule has 0 aliphatic heterocycles. The van der Waals surface area contributed by atoms with Gasteiger partial charge < -0.3 is 9.47 Å². The second-order valence-electron chi connectivity index (χ2n) is 3.85. The van der Waals surface area contributed by atoms with Crippen molar-refractivity contribution in [1.82, 2.24) is 0 Å². The Kier molecular flexibility index (Phi) is 5.79. The van der Waals surface area contributed by atoms with Crippen LogP contribution in [-0.2, 0) is 4.74 Å². The highest BCUT2D eigenvalue weighted by Gasteiger charge is 2.13. The van der Waals surface area contributed by atoms with E-state index in [1.165, 1.54) is 11.3 Å². The zero-order valence-electron chi connectivity index (χ0n) is 10.6. The van der Waals surface area contributed by atoms with Crippen molar-refractivity contribution in [3.63, 3.8) is 0 Å². The summed E-state index contributed by atoms with van der Waals surface area (Å²) in [5.41, 5.74) is 0.572. The van der Waals surface area contributed by atoms with Gasteiger partial charge in [-0.25, -0.2) is 4.79 Å². The first-order valence-electron chi connectivity index (χ1n) is 5.85. The van der Waals surface area contributed by atoms with Gasteiger partial charge in [0.1, 0.15) is 23.8 Å². The summed E-state index contributed by atoms with van der Waals surface area (Å²) in [6.45, 7) is 0.414. The van der Waals surface area contributed by atoms with Crippen molar-refractivity contribution in [1.29, 1.82) is 5.26 Å². The van der Waals surface area contributed by atoms with Gasteiger partial charge in [0, 0.05) is 4.47 Å². The van der Waals surface area contributed by atoms with Gasteiger partial charge in [-0.05, 0) is 62.2 Å². The van der Waals surface area contributed by atoms with Crippen LogP contribution in [0.3, 0.4) is 0 Å². The fourth-order valence-corrected chi connectivity index (χ4v) is 3.37. The molecule has 0 saturated heterocycles. The van der Waals surface area contributed by atoms with Crippen molar-refractivity contribution in [3.05, 3.63) is 49.0 Å². The minimum atomic E-state index is -0.380. The van der Waals surface area contributed by atoms with E-state index < -0.39 is 0 Å².